The second-order valence-electron chi connectivity index (χ2n) is 3.85. The largest absolute Gasteiger partial charge is 0.477 e. The van der Waals surface area contributed by atoms with Crippen molar-refractivity contribution in [3.05, 3.63) is 29.6 Å². The van der Waals surface area contributed by atoms with E-state index >= 15 is 0 Å². The smallest absolute Gasteiger partial charge is 0.354 e. The molecule has 19 heavy (non-hydrogen) atoms. The van der Waals surface area contributed by atoms with Gasteiger partial charge in [-0.25, -0.2) is 9.78 Å². The van der Waals surface area contributed by atoms with Gasteiger partial charge in [0.25, 0.3) is 0 Å². The highest BCUT2D eigenvalue weighted by atomic mass is 32.2. The Labute approximate surface area is 118 Å². The van der Waals surface area contributed by atoms with Gasteiger partial charge in [-0.2, -0.15) is 0 Å². The van der Waals surface area contributed by atoms with E-state index in [0.717, 1.165) is 9.47 Å². The van der Waals surface area contributed by atoms with Crippen LogP contribution in [0.15, 0.2) is 22.7 Å². The van der Waals surface area contributed by atoms with Crippen LogP contribution in [0.3, 0.4) is 0 Å². The van der Waals surface area contributed by atoms with Crippen LogP contribution in [0.5, 0.6) is 0 Å². The fraction of sp³-hybridized carbons (Fsp3) is 0.273. The molecular weight excluding hydrogens is 284 g/mol. The number of nitrogens with zero attached hydrogens (tertiary/aromatic N) is 4. The van der Waals surface area contributed by atoms with E-state index in [2.05, 4.69) is 15.2 Å². The Bertz CT molecular complexity index is 586. The molecule has 0 saturated carbocycles. The van der Waals surface area contributed by atoms with Gasteiger partial charge in [0.1, 0.15) is 0 Å². The molecule has 0 saturated heterocycles. The molecular formula is C11H12N4O2S2. The van der Waals surface area contributed by atoms with Crippen molar-refractivity contribution in [2.24, 2.45) is 0 Å². The maximum absolute atomic E-state index is 11.0. The third kappa shape index (κ3) is 3.42. The van der Waals surface area contributed by atoms with Crippen molar-refractivity contribution < 1.29 is 9.90 Å². The summed E-state index contributed by atoms with van der Waals surface area (Å²) in [6.07, 6.45) is 1.48. The Hall–Kier alpha value is -1.67. The normalized spacial score (nSPS) is 10.4. The number of carboxylic acid groups (broad SMARTS) is 1. The Morgan fingerprint density at radius 1 is 1.47 bits per heavy atom. The predicted octanol–water partition coefficient (Wildman–Crippen LogP) is 1.99. The summed E-state index contributed by atoms with van der Waals surface area (Å²) in [6, 6.07) is 3.49. The molecule has 0 aliphatic heterocycles. The van der Waals surface area contributed by atoms with Gasteiger partial charge in [-0.05, 0) is 11.6 Å². The first kappa shape index (κ1) is 13.8. The SMILES string of the molecule is CN(C)c1nnc(SCc2cccnc2C(=O)O)s1. The summed E-state index contributed by atoms with van der Waals surface area (Å²) in [5, 5.41) is 17.9. The second kappa shape index (κ2) is 5.98. The molecule has 6 nitrogen and oxygen atoms in total. The molecule has 1 N–H and O–H groups in total. The van der Waals surface area contributed by atoms with E-state index in [0.29, 0.717) is 11.3 Å². The number of aromatic carboxylic acids is 1. The van der Waals surface area contributed by atoms with Gasteiger partial charge in [0.2, 0.25) is 5.13 Å². The van der Waals surface area contributed by atoms with E-state index in [1.165, 1.54) is 29.3 Å². The summed E-state index contributed by atoms with van der Waals surface area (Å²) in [5.41, 5.74) is 0.772. The van der Waals surface area contributed by atoms with Crippen molar-refractivity contribution >= 4 is 34.2 Å². The molecule has 2 rings (SSSR count). The van der Waals surface area contributed by atoms with Crippen molar-refractivity contribution in [3.63, 3.8) is 0 Å². The van der Waals surface area contributed by atoms with Crippen molar-refractivity contribution in [2.45, 2.75) is 10.1 Å². The molecule has 100 valence electrons. The van der Waals surface area contributed by atoms with Gasteiger partial charge in [0, 0.05) is 26.0 Å². The number of carboxylic acids is 1. The molecule has 0 unspecified atom stereocenters. The fourth-order valence-electron chi connectivity index (χ4n) is 1.33. The highest BCUT2D eigenvalue weighted by Crippen LogP contribution is 2.29. The van der Waals surface area contributed by atoms with E-state index < -0.39 is 5.97 Å². The third-order valence-corrected chi connectivity index (χ3v) is 4.50. The van der Waals surface area contributed by atoms with E-state index in [1.807, 2.05) is 19.0 Å². The molecule has 0 aromatic carbocycles. The Kier molecular flexibility index (Phi) is 4.33. The van der Waals surface area contributed by atoms with Gasteiger partial charge in [0.15, 0.2) is 10.0 Å². The van der Waals surface area contributed by atoms with Gasteiger partial charge in [-0.15, -0.1) is 10.2 Å². The van der Waals surface area contributed by atoms with Gasteiger partial charge >= 0.3 is 5.97 Å². The number of aromatic nitrogens is 3. The lowest BCUT2D eigenvalue weighted by Gasteiger charge is -2.04. The number of pyridine rings is 1. The molecule has 2 aromatic heterocycles. The molecule has 2 heterocycles. The maximum atomic E-state index is 11.0. The molecule has 0 aliphatic carbocycles. The minimum Gasteiger partial charge on any atom is -0.477 e. The first-order valence-corrected chi connectivity index (χ1v) is 7.19. The molecule has 0 radical (unpaired) electrons. The van der Waals surface area contributed by atoms with Gasteiger partial charge in [0.05, 0.1) is 0 Å². The molecule has 8 heteroatoms. The minimum atomic E-state index is -1.01. The van der Waals surface area contributed by atoms with Crippen molar-refractivity contribution in [2.75, 3.05) is 19.0 Å². The third-order valence-electron chi connectivity index (χ3n) is 2.22. The first-order valence-electron chi connectivity index (χ1n) is 5.38. The standard InChI is InChI=1S/C11H12N4O2S2/c1-15(2)10-13-14-11(19-10)18-6-7-4-3-5-12-8(7)9(16)17/h3-5H,6H2,1-2H3,(H,16,17). The topological polar surface area (TPSA) is 79.2 Å². The maximum Gasteiger partial charge on any atom is 0.354 e. The lowest BCUT2D eigenvalue weighted by Crippen LogP contribution is -2.07. The van der Waals surface area contributed by atoms with Crippen LogP contribution in [0.4, 0.5) is 5.13 Å². The van der Waals surface area contributed by atoms with Crippen LogP contribution in [0.2, 0.25) is 0 Å². The minimum absolute atomic E-state index is 0.0901. The fourth-order valence-corrected chi connectivity index (χ4v) is 3.08. The first-order chi connectivity index (χ1) is 9.08. The van der Waals surface area contributed by atoms with Crippen molar-refractivity contribution in [1.29, 1.82) is 0 Å². The molecule has 0 amide bonds. The van der Waals surface area contributed by atoms with Crippen LogP contribution in [-0.4, -0.2) is 40.4 Å². The quantitative estimate of drug-likeness (QED) is 0.845. The Morgan fingerprint density at radius 2 is 2.26 bits per heavy atom. The number of anilines is 1. The average molecular weight is 296 g/mol. The monoisotopic (exact) mass is 296 g/mol. The summed E-state index contributed by atoms with van der Waals surface area (Å²) in [5.74, 6) is -0.500. The second-order valence-corrected chi connectivity index (χ2v) is 6.03. The molecule has 0 spiro atoms. The van der Waals surface area contributed by atoms with Gasteiger partial charge < -0.3 is 10.0 Å². The summed E-state index contributed by atoms with van der Waals surface area (Å²) >= 11 is 2.93. The van der Waals surface area contributed by atoms with E-state index in [-0.39, 0.29) is 5.69 Å². The van der Waals surface area contributed by atoms with Crippen LogP contribution in [0.1, 0.15) is 16.1 Å². The molecule has 0 bridgehead atoms. The van der Waals surface area contributed by atoms with Crippen LogP contribution in [-0.2, 0) is 5.75 Å². The zero-order valence-corrected chi connectivity index (χ0v) is 12.0. The summed E-state index contributed by atoms with van der Waals surface area (Å²) in [6.45, 7) is 0. The number of hydrogen-bond donors (Lipinski definition) is 1. The molecule has 0 atom stereocenters. The van der Waals surface area contributed by atoms with Crippen molar-refractivity contribution in [3.8, 4) is 0 Å². The van der Waals surface area contributed by atoms with Crippen LogP contribution < -0.4 is 4.90 Å². The van der Waals surface area contributed by atoms with E-state index in [1.54, 1.807) is 12.1 Å². The highest BCUT2D eigenvalue weighted by molar-refractivity contribution is 8.00. The van der Waals surface area contributed by atoms with Gasteiger partial charge in [-0.3, -0.25) is 0 Å². The number of hydrogen-bond acceptors (Lipinski definition) is 7. The summed E-state index contributed by atoms with van der Waals surface area (Å²) < 4.78 is 0.809. The van der Waals surface area contributed by atoms with Crippen LogP contribution >= 0.6 is 23.1 Å². The number of carbonyl (C=O) groups is 1. The van der Waals surface area contributed by atoms with E-state index in [4.69, 9.17) is 5.11 Å². The zero-order chi connectivity index (χ0) is 13.8. The predicted molar refractivity (Wildman–Crippen MR) is 75.0 cm³/mol. The number of rotatable bonds is 5. The van der Waals surface area contributed by atoms with Crippen molar-refractivity contribution in [1.82, 2.24) is 15.2 Å². The van der Waals surface area contributed by atoms with E-state index in [9.17, 15) is 4.79 Å². The van der Waals surface area contributed by atoms with Crippen LogP contribution in [0.25, 0.3) is 0 Å². The van der Waals surface area contributed by atoms with Crippen LogP contribution in [0, 0.1) is 0 Å². The zero-order valence-electron chi connectivity index (χ0n) is 10.4. The molecule has 0 fully saturated rings. The number of thioether (sulfide) groups is 1. The molecule has 2 aromatic rings. The van der Waals surface area contributed by atoms with Gasteiger partial charge in [-0.1, -0.05) is 29.2 Å². The average Bonchev–Trinajstić information content (AvgIpc) is 2.85. The molecule has 0 aliphatic rings. The Balaban J connectivity index is 2.08. The summed E-state index contributed by atoms with van der Waals surface area (Å²) in [7, 11) is 3.80. The summed E-state index contributed by atoms with van der Waals surface area (Å²) in [4.78, 5) is 16.8. The lowest BCUT2D eigenvalue weighted by molar-refractivity contribution is 0.0689. The Morgan fingerprint density at radius 3 is 2.89 bits per heavy atom. The lowest BCUT2D eigenvalue weighted by atomic mass is 10.2. The highest BCUT2D eigenvalue weighted by Gasteiger charge is 2.12.